The number of carbonyl (C=O) groups is 1. The molecule has 1 aliphatic heterocycles. The lowest BCUT2D eigenvalue weighted by Gasteiger charge is -2.20. The van der Waals surface area contributed by atoms with Gasteiger partial charge in [0.15, 0.2) is 0 Å². The van der Waals surface area contributed by atoms with Gasteiger partial charge in [-0.15, -0.1) is 0 Å². The fourth-order valence-corrected chi connectivity index (χ4v) is 4.21. The number of rotatable bonds is 5. The standard InChI is InChI=1S/C25H28FN3O/c1-18-17-23(25(30)27-13-16-29-14-4-2-3-5-15-29)22-8-6-7-21(24(22)28-18)19-9-11-20(26)12-10-19/h6-12,17H,2-5,13-16H2,1H3,(H,27,30). The van der Waals surface area contributed by atoms with E-state index < -0.39 is 0 Å². The summed E-state index contributed by atoms with van der Waals surface area (Å²) >= 11 is 0. The molecule has 5 heteroatoms. The number of pyridine rings is 1. The first kappa shape index (κ1) is 20.5. The van der Waals surface area contributed by atoms with Crippen molar-refractivity contribution in [2.45, 2.75) is 32.6 Å². The van der Waals surface area contributed by atoms with E-state index in [0.717, 1.165) is 47.4 Å². The zero-order valence-corrected chi connectivity index (χ0v) is 17.5. The van der Waals surface area contributed by atoms with Gasteiger partial charge in [0.1, 0.15) is 5.82 Å². The molecule has 2 heterocycles. The normalized spacial score (nSPS) is 15.1. The van der Waals surface area contributed by atoms with Crippen LogP contribution >= 0.6 is 0 Å². The van der Waals surface area contributed by atoms with Crippen molar-refractivity contribution in [2.75, 3.05) is 26.2 Å². The molecule has 4 nitrogen and oxygen atoms in total. The molecule has 0 atom stereocenters. The monoisotopic (exact) mass is 405 g/mol. The van der Waals surface area contributed by atoms with E-state index in [2.05, 4.69) is 10.2 Å². The molecule has 1 aliphatic rings. The number of amides is 1. The lowest BCUT2D eigenvalue weighted by atomic mass is 9.98. The molecule has 0 unspecified atom stereocenters. The highest BCUT2D eigenvalue weighted by Crippen LogP contribution is 2.29. The van der Waals surface area contributed by atoms with Crippen molar-refractivity contribution < 1.29 is 9.18 Å². The molecule has 0 radical (unpaired) electrons. The molecule has 2 aromatic carbocycles. The van der Waals surface area contributed by atoms with E-state index in [-0.39, 0.29) is 11.7 Å². The van der Waals surface area contributed by atoms with E-state index in [4.69, 9.17) is 4.98 Å². The van der Waals surface area contributed by atoms with Gasteiger partial charge in [-0.1, -0.05) is 43.2 Å². The van der Waals surface area contributed by atoms with Gasteiger partial charge in [0.25, 0.3) is 5.91 Å². The second-order valence-electron chi connectivity index (χ2n) is 8.03. The third kappa shape index (κ3) is 4.68. The van der Waals surface area contributed by atoms with Gasteiger partial charge in [-0.2, -0.15) is 0 Å². The second-order valence-corrected chi connectivity index (χ2v) is 8.03. The molecule has 0 saturated carbocycles. The summed E-state index contributed by atoms with van der Waals surface area (Å²) in [6, 6.07) is 14.0. The summed E-state index contributed by atoms with van der Waals surface area (Å²) in [5.74, 6) is -0.343. The van der Waals surface area contributed by atoms with Crippen LogP contribution < -0.4 is 5.32 Å². The van der Waals surface area contributed by atoms with Crippen molar-refractivity contribution in [2.24, 2.45) is 0 Å². The van der Waals surface area contributed by atoms with Crippen molar-refractivity contribution in [3.05, 3.63) is 65.6 Å². The lowest BCUT2D eigenvalue weighted by Crippen LogP contribution is -2.35. The Morgan fingerprint density at radius 1 is 1.07 bits per heavy atom. The summed E-state index contributed by atoms with van der Waals surface area (Å²) in [4.78, 5) is 20.1. The Kier molecular flexibility index (Phi) is 6.38. The van der Waals surface area contributed by atoms with Crippen LogP contribution in [0.1, 0.15) is 41.7 Å². The van der Waals surface area contributed by atoms with Crippen LogP contribution in [0, 0.1) is 12.7 Å². The van der Waals surface area contributed by atoms with Gasteiger partial charge in [0, 0.05) is 29.7 Å². The Labute approximate surface area is 177 Å². The fourth-order valence-electron chi connectivity index (χ4n) is 4.21. The first-order valence-electron chi connectivity index (χ1n) is 10.8. The molecule has 1 aromatic heterocycles. The molecule has 0 bridgehead atoms. The number of aromatic nitrogens is 1. The average Bonchev–Trinajstić information content (AvgIpc) is 3.02. The maximum atomic E-state index is 13.4. The number of para-hydroxylation sites is 1. The fraction of sp³-hybridized carbons (Fsp3) is 0.360. The van der Waals surface area contributed by atoms with Crippen LogP contribution in [0.3, 0.4) is 0 Å². The van der Waals surface area contributed by atoms with Gasteiger partial charge in [0.05, 0.1) is 11.1 Å². The number of aryl methyl sites for hydroxylation is 1. The molecule has 3 aromatic rings. The van der Waals surface area contributed by atoms with Gasteiger partial charge in [-0.3, -0.25) is 9.78 Å². The molecule has 0 aliphatic carbocycles. The number of carbonyl (C=O) groups excluding carboxylic acids is 1. The predicted molar refractivity (Wildman–Crippen MR) is 119 cm³/mol. The van der Waals surface area contributed by atoms with E-state index in [1.165, 1.54) is 37.8 Å². The van der Waals surface area contributed by atoms with Gasteiger partial charge in [0.2, 0.25) is 0 Å². The molecule has 1 amide bonds. The number of nitrogens with zero attached hydrogens (tertiary/aromatic N) is 2. The minimum absolute atomic E-state index is 0.0726. The summed E-state index contributed by atoms with van der Waals surface area (Å²) in [6.07, 6.45) is 5.10. The van der Waals surface area contributed by atoms with E-state index in [1.54, 1.807) is 12.1 Å². The summed E-state index contributed by atoms with van der Waals surface area (Å²) in [6.45, 7) is 5.66. The number of halogens is 1. The van der Waals surface area contributed by atoms with E-state index in [1.807, 2.05) is 31.2 Å². The Morgan fingerprint density at radius 2 is 1.80 bits per heavy atom. The Morgan fingerprint density at radius 3 is 2.53 bits per heavy atom. The van der Waals surface area contributed by atoms with Crippen LogP contribution in [-0.4, -0.2) is 42.0 Å². The van der Waals surface area contributed by atoms with E-state index in [0.29, 0.717) is 12.1 Å². The largest absolute Gasteiger partial charge is 0.351 e. The minimum Gasteiger partial charge on any atom is -0.351 e. The zero-order chi connectivity index (χ0) is 20.9. The summed E-state index contributed by atoms with van der Waals surface area (Å²) < 4.78 is 13.4. The molecule has 4 rings (SSSR count). The third-order valence-electron chi connectivity index (χ3n) is 5.78. The topological polar surface area (TPSA) is 45.2 Å². The summed E-state index contributed by atoms with van der Waals surface area (Å²) in [5.41, 5.74) is 3.97. The number of fused-ring (bicyclic) bond motifs is 1. The highest BCUT2D eigenvalue weighted by Gasteiger charge is 2.15. The summed E-state index contributed by atoms with van der Waals surface area (Å²) in [5, 5.41) is 3.91. The zero-order valence-electron chi connectivity index (χ0n) is 17.5. The van der Waals surface area contributed by atoms with Crippen LogP contribution in [-0.2, 0) is 0 Å². The van der Waals surface area contributed by atoms with Crippen molar-refractivity contribution >= 4 is 16.8 Å². The molecule has 156 valence electrons. The first-order valence-corrected chi connectivity index (χ1v) is 10.8. The Hall–Kier alpha value is -2.79. The van der Waals surface area contributed by atoms with Gasteiger partial charge < -0.3 is 10.2 Å². The average molecular weight is 406 g/mol. The number of hydrogen-bond acceptors (Lipinski definition) is 3. The van der Waals surface area contributed by atoms with Gasteiger partial charge in [-0.25, -0.2) is 4.39 Å². The molecular formula is C25H28FN3O. The minimum atomic E-state index is -0.271. The lowest BCUT2D eigenvalue weighted by molar-refractivity contribution is 0.0950. The third-order valence-corrected chi connectivity index (χ3v) is 5.78. The van der Waals surface area contributed by atoms with Crippen LogP contribution in [0.2, 0.25) is 0 Å². The van der Waals surface area contributed by atoms with Crippen molar-refractivity contribution in [3.8, 4) is 11.1 Å². The summed E-state index contributed by atoms with van der Waals surface area (Å²) in [7, 11) is 0. The van der Waals surface area contributed by atoms with Crippen LogP contribution in [0.5, 0.6) is 0 Å². The maximum Gasteiger partial charge on any atom is 0.252 e. The smallest absolute Gasteiger partial charge is 0.252 e. The highest BCUT2D eigenvalue weighted by molar-refractivity contribution is 6.09. The molecule has 1 fully saturated rings. The predicted octanol–water partition coefficient (Wildman–Crippen LogP) is 4.96. The molecule has 1 N–H and O–H groups in total. The Balaban J connectivity index is 1.57. The number of hydrogen-bond donors (Lipinski definition) is 1. The first-order chi connectivity index (χ1) is 14.6. The second kappa shape index (κ2) is 9.35. The molecule has 1 saturated heterocycles. The van der Waals surface area contributed by atoms with E-state index in [9.17, 15) is 9.18 Å². The SMILES string of the molecule is Cc1cc(C(=O)NCCN2CCCCCC2)c2cccc(-c3ccc(F)cc3)c2n1. The number of benzene rings is 2. The quantitative estimate of drug-likeness (QED) is 0.653. The van der Waals surface area contributed by atoms with Gasteiger partial charge in [-0.05, 0) is 56.6 Å². The van der Waals surface area contributed by atoms with Crippen LogP contribution in [0.25, 0.3) is 22.0 Å². The Bertz CT molecular complexity index is 1020. The molecule has 30 heavy (non-hydrogen) atoms. The molecule has 0 spiro atoms. The number of likely N-dealkylation sites (tertiary alicyclic amines) is 1. The molecular weight excluding hydrogens is 377 g/mol. The van der Waals surface area contributed by atoms with Gasteiger partial charge >= 0.3 is 0 Å². The van der Waals surface area contributed by atoms with Crippen LogP contribution in [0.15, 0.2) is 48.5 Å². The van der Waals surface area contributed by atoms with Crippen molar-refractivity contribution in [3.63, 3.8) is 0 Å². The van der Waals surface area contributed by atoms with Crippen LogP contribution in [0.4, 0.5) is 4.39 Å². The highest BCUT2D eigenvalue weighted by atomic mass is 19.1. The van der Waals surface area contributed by atoms with E-state index >= 15 is 0 Å². The number of nitrogens with one attached hydrogen (secondary N) is 1. The van der Waals surface area contributed by atoms with Crippen molar-refractivity contribution in [1.29, 1.82) is 0 Å². The maximum absolute atomic E-state index is 13.4. The van der Waals surface area contributed by atoms with Crippen molar-refractivity contribution in [1.82, 2.24) is 15.2 Å².